The Morgan fingerprint density at radius 1 is 1.44 bits per heavy atom. The second-order valence-electron chi connectivity index (χ2n) is 6.06. The lowest BCUT2D eigenvalue weighted by atomic mass is 9.67. The molecule has 0 amide bonds. The van der Waals surface area contributed by atoms with Gasteiger partial charge in [-0.15, -0.1) is 11.3 Å². The largest absolute Gasteiger partial charge is 0.396 e. The first-order chi connectivity index (χ1) is 7.45. The third kappa shape index (κ3) is 2.30. The van der Waals surface area contributed by atoms with Crippen LogP contribution in [0.1, 0.15) is 50.7 Å². The zero-order valence-corrected chi connectivity index (χ0v) is 11.2. The monoisotopic (exact) mass is 239 g/mol. The molecule has 3 heteroatoms. The summed E-state index contributed by atoms with van der Waals surface area (Å²) >= 11 is 1.75. The zero-order chi connectivity index (χ0) is 11.8. The number of hydrogen-bond acceptors (Lipinski definition) is 3. The molecule has 0 unspecified atom stereocenters. The van der Waals surface area contributed by atoms with E-state index in [0.717, 1.165) is 19.3 Å². The van der Waals surface area contributed by atoms with Gasteiger partial charge >= 0.3 is 0 Å². The Morgan fingerprint density at radius 2 is 2.12 bits per heavy atom. The van der Waals surface area contributed by atoms with E-state index >= 15 is 0 Å². The first kappa shape index (κ1) is 12.1. The molecule has 1 aliphatic rings. The van der Waals surface area contributed by atoms with Gasteiger partial charge in [0.15, 0.2) is 0 Å². The first-order valence-electron chi connectivity index (χ1n) is 6.01. The SMILES string of the molecule is CC(C)(C)c1csc(CC2(CO)CCC2)n1. The van der Waals surface area contributed by atoms with E-state index in [4.69, 9.17) is 4.98 Å². The van der Waals surface area contributed by atoms with Crippen molar-refractivity contribution >= 4 is 11.3 Å². The summed E-state index contributed by atoms with van der Waals surface area (Å²) in [7, 11) is 0. The van der Waals surface area contributed by atoms with Gasteiger partial charge < -0.3 is 5.11 Å². The third-order valence-electron chi connectivity index (χ3n) is 3.60. The van der Waals surface area contributed by atoms with Gasteiger partial charge in [-0.25, -0.2) is 4.98 Å². The van der Waals surface area contributed by atoms with Gasteiger partial charge in [-0.3, -0.25) is 0 Å². The normalized spacial score (nSPS) is 19.5. The summed E-state index contributed by atoms with van der Waals surface area (Å²) in [4.78, 5) is 4.70. The summed E-state index contributed by atoms with van der Waals surface area (Å²) in [6, 6.07) is 0. The zero-order valence-electron chi connectivity index (χ0n) is 10.4. The minimum atomic E-state index is 0.140. The fourth-order valence-electron chi connectivity index (χ4n) is 2.12. The Bertz CT molecular complexity index is 355. The van der Waals surface area contributed by atoms with Crippen LogP contribution in [0.2, 0.25) is 0 Å². The average molecular weight is 239 g/mol. The number of aliphatic hydroxyl groups excluding tert-OH is 1. The lowest BCUT2D eigenvalue weighted by Crippen LogP contribution is -2.35. The fourth-order valence-corrected chi connectivity index (χ4v) is 3.32. The summed E-state index contributed by atoms with van der Waals surface area (Å²) in [5.74, 6) is 0. The minimum Gasteiger partial charge on any atom is -0.396 e. The highest BCUT2D eigenvalue weighted by molar-refractivity contribution is 7.09. The molecule has 1 aliphatic carbocycles. The fraction of sp³-hybridized carbons (Fsp3) is 0.769. The van der Waals surface area contributed by atoms with Crippen molar-refractivity contribution in [1.82, 2.24) is 4.98 Å². The van der Waals surface area contributed by atoms with Crippen LogP contribution in [0.4, 0.5) is 0 Å². The van der Waals surface area contributed by atoms with Gasteiger partial charge in [0, 0.05) is 23.8 Å². The highest BCUT2D eigenvalue weighted by Crippen LogP contribution is 2.43. The minimum absolute atomic E-state index is 0.140. The van der Waals surface area contributed by atoms with Gasteiger partial charge in [0.05, 0.1) is 10.7 Å². The van der Waals surface area contributed by atoms with E-state index in [2.05, 4.69) is 26.2 Å². The topological polar surface area (TPSA) is 33.1 Å². The van der Waals surface area contributed by atoms with E-state index in [1.807, 2.05) is 0 Å². The third-order valence-corrected chi connectivity index (χ3v) is 4.44. The molecule has 0 bridgehead atoms. The van der Waals surface area contributed by atoms with Crippen LogP contribution in [0.25, 0.3) is 0 Å². The number of hydrogen-bond donors (Lipinski definition) is 1. The van der Waals surface area contributed by atoms with Crippen LogP contribution in [-0.4, -0.2) is 16.7 Å². The Labute approximate surface area is 102 Å². The quantitative estimate of drug-likeness (QED) is 0.879. The number of aromatic nitrogens is 1. The van der Waals surface area contributed by atoms with Gasteiger partial charge in [0.1, 0.15) is 0 Å². The van der Waals surface area contributed by atoms with Gasteiger partial charge in [0.2, 0.25) is 0 Å². The van der Waals surface area contributed by atoms with Crippen LogP contribution < -0.4 is 0 Å². The van der Waals surface area contributed by atoms with E-state index in [-0.39, 0.29) is 10.8 Å². The summed E-state index contributed by atoms with van der Waals surface area (Å²) < 4.78 is 0. The van der Waals surface area contributed by atoms with Crippen molar-refractivity contribution in [3.8, 4) is 0 Å². The summed E-state index contributed by atoms with van der Waals surface area (Å²) in [5, 5.41) is 12.8. The molecule has 90 valence electrons. The molecule has 0 radical (unpaired) electrons. The van der Waals surface area contributed by atoms with Crippen LogP contribution in [-0.2, 0) is 11.8 Å². The molecule has 0 saturated heterocycles. The molecule has 1 saturated carbocycles. The van der Waals surface area contributed by atoms with Crippen LogP contribution >= 0.6 is 11.3 Å². The Balaban J connectivity index is 2.08. The first-order valence-corrected chi connectivity index (χ1v) is 6.89. The molecule has 16 heavy (non-hydrogen) atoms. The van der Waals surface area contributed by atoms with Crippen LogP contribution in [0, 0.1) is 5.41 Å². The van der Waals surface area contributed by atoms with E-state index < -0.39 is 0 Å². The second kappa shape index (κ2) is 4.11. The van der Waals surface area contributed by atoms with Crippen LogP contribution in [0.5, 0.6) is 0 Å². The van der Waals surface area contributed by atoms with E-state index in [9.17, 15) is 5.11 Å². The smallest absolute Gasteiger partial charge is 0.0934 e. The van der Waals surface area contributed by atoms with Crippen molar-refractivity contribution in [2.45, 2.75) is 51.9 Å². The van der Waals surface area contributed by atoms with Crippen LogP contribution in [0.15, 0.2) is 5.38 Å². The molecule has 1 heterocycles. The number of aliphatic hydroxyl groups is 1. The molecule has 2 rings (SSSR count). The standard InChI is InChI=1S/C13H21NOS/c1-12(2,3)10-8-16-11(14-10)7-13(9-15)5-4-6-13/h8,15H,4-7,9H2,1-3H3. The van der Waals surface area contributed by atoms with Crippen molar-refractivity contribution in [3.63, 3.8) is 0 Å². The highest BCUT2D eigenvalue weighted by atomic mass is 32.1. The Kier molecular flexibility index (Phi) is 3.10. The average Bonchev–Trinajstić information content (AvgIpc) is 2.58. The van der Waals surface area contributed by atoms with Crippen molar-refractivity contribution in [2.75, 3.05) is 6.61 Å². The summed E-state index contributed by atoms with van der Waals surface area (Å²) in [5.41, 5.74) is 1.48. The Morgan fingerprint density at radius 3 is 2.50 bits per heavy atom. The maximum Gasteiger partial charge on any atom is 0.0934 e. The molecule has 2 nitrogen and oxygen atoms in total. The van der Waals surface area contributed by atoms with E-state index in [0.29, 0.717) is 6.61 Å². The molecule has 1 aromatic heterocycles. The molecular formula is C13H21NOS. The number of rotatable bonds is 3. The molecule has 1 N–H and O–H groups in total. The highest BCUT2D eigenvalue weighted by Gasteiger charge is 2.37. The lowest BCUT2D eigenvalue weighted by molar-refractivity contribution is 0.0449. The van der Waals surface area contributed by atoms with Crippen molar-refractivity contribution in [2.24, 2.45) is 5.41 Å². The molecule has 0 aliphatic heterocycles. The van der Waals surface area contributed by atoms with Crippen LogP contribution in [0.3, 0.4) is 0 Å². The maximum atomic E-state index is 9.44. The molecule has 1 aromatic rings. The number of nitrogens with zero attached hydrogens (tertiary/aromatic N) is 1. The summed E-state index contributed by atoms with van der Waals surface area (Å²) in [6.07, 6.45) is 4.55. The molecule has 0 atom stereocenters. The van der Waals surface area contributed by atoms with E-state index in [1.54, 1.807) is 11.3 Å². The maximum absolute atomic E-state index is 9.44. The molecular weight excluding hydrogens is 218 g/mol. The van der Waals surface area contributed by atoms with Crippen molar-refractivity contribution < 1.29 is 5.11 Å². The second-order valence-corrected chi connectivity index (χ2v) is 7.01. The van der Waals surface area contributed by atoms with Gasteiger partial charge in [0.25, 0.3) is 0 Å². The van der Waals surface area contributed by atoms with E-state index in [1.165, 1.54) is 17.1 Å². The predicted molar refractivity (Wildman–Crippen MR) is 67.9 cm³/mol. The van der Waals surface area contributed by atoms with Gasteiger partial charge in [-0.1, -0.05) is 27.2 Å². The Hall–Kier alpha value is -0.410. The van der Waals surface area contributed by atoms with Crippen molar-refractivity contribution in [1.29, 1.82) is 0 Å². The molecule has 1 fully saturated rings. The van der Waals surface area contributed by atoms with Crippen molar-refractivity contribution in [3.05, 3.63) is 16.1 Å². The molecule has 0 spiro atoms. The number of thiazole rings is 1. The molecule has 0 aromatic carbocycles. The lowest BCUT2D eigenvalue weighted by Gasteiger charge is -2.39. The van der Waals surface area contributed by atoms with Gasteiger partial charge in [-0.2, -0.15) is 0 Å². The van der Waals surface area contributed by atoms with Gasteiger partial charge in [-0.05, 0) is 18.3 Å². The predicted octanol–water partition coefficient (Wildman–Crippen LogP) is 3.15. The summed E-state index contributed by atoms with van der Waals surface area (Å²) in [6.45, 7) is 6.89.